The fourth-order valence-corrected chi connectivity index (χ4v) is 3.28. The van der Waals surface area contributed by atoms with Crippen LogP contribution in [0.25, 0.3) is 10.9 Å². The van der Waals surface area contributed by atoms with Gasteiger partial charge in [-0.3, -0.25) is 0 Å². The Labute approximate surface area is 125 Å². The lowest BCUT2D eigenvalue weighted by atomic mass is 9.91. The van der Waals surface area contributed by atoms with Crippen molar-refractivity contribution in [2.45, 2.75) is 52.0 Å². The molecule has 1 aliphatic rings. The number of aryl methyl sites for hydroxylation is 1. The first kappa shape index (κ1) is 14.6. The summed E-state index contributed by atoms with van der Waals surface area (Å²) in [5.74, 6) is -0.116. The normalized spacial score (nSPS) is 17.6. The summed E-state index contributed by atoms with van der Waals surface area (Å²) in [7, 11) is 0. The molecule has 1 saturated heterocycles. The average molecular weight is 289 g/mol. The first-order valence-corrected chi connectivity index (χ1v) is 7.77. The number of rotatable bonds is 1. The Balaban J connectivity index is 2.24. The van der Waals surface area contributed by atoms with E-state index in [1.54, 1.807) is 6.07 Å². The van der Waals surface area contributed by atoms with Gasteiger partial charge in [-0.25, -0.2) is 4.39 Å². The minimum Gasteiger partial charge on any atom is -0.381 e. The van der Waals surface area contributed by atoms with Crippen LogP contribution in [0.4, 0.5) is 4.39 Å². The third-order valence-electron chi connectivity index (χ3n) is 4.44. The van der Waals surface area contributed by atoms with Gasteiger partial charge in [0.05, 0.1) is 5.52 Å². The van der Waals surface area contributed by atoms with Crippen LogP contribution in [0.3, 0.4) is 0 Å². The molecule has 0 atom stereocenters. The van der Waals surface area contributed by atoms with Gasteiger partial charge in [0, 0.05) is 35.8 Å². The molecule has 0 amide bonds. The Morgan fingerprint density at radius 1 is 1.14 bits per heavy atom. The van der Waals surface area contributed by atoms with Gasteiger partial charge in [0.2, 0.25) is 0 Å². The largest absolute Gasteiger partial charge is 0.381 e. The molecule has 0 spiro atoms. The predicted octanol–water partition coefficient (Wildman–Crippen LogP) is 4.74. The lowest BCUT2D eigenvalue weighted by Crippen LogP contribution is -2.25. The Hall–Kier alpha value is -1.35. The van der Waals surface area contributed by atoms with Gasteiger partial charge < -0.3 is 9.30 Å². The van der Waals surface area contributed by atoms with Gasteiger partial charge in [-0.2, -0.15) is 0 Å². The highest BCUT2D eigenvalue weighted by Gasteiger charge is 2.26. The van der Waals surface area contributed by atoms with E-state index < -0.39 is 0 Å². The second-order valence-corrected chi connectivity index (χ2v) is 7.15. The lowest BCUT2D eigenvalue weighted by molar-refractivity contribution is 0.0694. The van der Waals surface area contributed by atoms with Crippen molar-refractivity contribution in [1.82, 2.24) is 4.57 Å². The summed E-state index contributed by atoms with van der Waals surface area (Å²) in [6, 6.07) is 6.31. The number of halogens is 1. The van der Waals surface area contributed by atoms with E-state index in [4.69, 9.17) is 4.74 Å². The first-order chi connectivity index (χ1) is 9.88. The van der Waals surface area contributed by atoms with Crippen LogP contribution < -0.4 is 0 Å². The van der Waals surface area contributed by atoms with Crippen LogP contribution in [-0.4, -0.2) is 17.8 Å². The maximum Gasteiger partial charge on any atom is 0.128 e. The van der Waals surface area contributed by atoms with Crippen molar-refractivity contribution < 1.29 is 9.13 Å². The second kappa shape index (κ2) is 5.13. The number of fused-ring (bicyclic) bond motifs is 1. The SMILES string of the molecule is Cc1cc2cc(C(C)(C)C)n(C3CCOCC3)c2cc1F. The van der Waals surface area contributed by atoms with E-state index in [0.717, 1.165) is 37.0 Å². The minimum atomic E-state index is -0.116. The number of aromatic nitrogens is 1. The Morgan fingerprint density at radius 3 is 2.43 bits per heavy atom. The molecular weight excluding hydrogens is 265 g/mol. The third-order valence-corrected chi connectivity index (χ3v) is 4.44. The van der Waals surface area contributed by atoms with Gasteiger partial charge >= 0.3 is 0 Å². The van der Waals surface area contributed by atoms with E-state index in [9.17, 15) is 4.39 Å². The topological polar surface area (TPSA) is 14.2 Å². The summed E-state index contributed by atoms with van der Waals surface area (Å²) in [5, 5.41) is 1.14. The fraction of sp³-hybridized carbons (Fsp3) is 0.556. The molecule has 21 heavy (non-hydrogen) atoms. The van der Waals surface area contributed by atoms with Crippen molar-refractivity contribution in [2.75, 3.05) is 13.2 Å². The van der Waals surface area contributed by atoms with Crippen LogP contribution >= 0.6 is 0 Å². The molecule has 2 nitrogen and oxygen atoms in total. The lowest BCUT2D eigenvalue weighted by Gasteiger charge is -2.30. The molecule has 0 N–H and O–H groups in total. The summed E-state index contributed by atoms with van der Waals surface area (Å²) in [4.78, 5) is 0. The molecule has 1 aromatic heterocycles. The Kier molecular flexibility index (Phi) is 3.56. The number of benzene rings is 1. The summed E-state index contributed by atoms with van der Waals surface area (Å²) in [5.41, 5.74) is 3.07. The average Bonchev–Trinajstić information content (AvgIpc) is 2.79. The molecule has 2 heterocycles. The molecule has 0 unspecified atom stereocenters. The van der Waals surface area contributed by atoms with Gasteiger partial charge in [-0.15, -0.1) is 0 Å². The van der Waals surface area contributed by atoms with Crippen molar-refractivity contribution in [2.24, 2.45) is 0 Å². The van der Waals surface area contributed by atoms with Crippen LogP contribution in [0.1, 0.15) is 50.9 Å². The summed E-state index contributed by atoms with van der Waals surface area (Å²) < 4.78 is 21.9. The standard InChI is InChI=1S/C18H24FNO/c1-12-9-13-10-17(18(2,3)4)20(16(13)11-15(12)19)14-5-7-21-8-6-14/h9-11,14H,5-8H2,1-4H3. The highest BCUT2D eigenvalue weighted by molar-refractivity contribution is 5.83. The van der Waals surface area contributed by atoms with E-state index in [1.165, 1.54) is 5.69 Å². The monoisotopic (exact) mass is 289 g/mol. The van der Waals surface area contributed by atoms with Crippen molar-refractivity contribution in [3.8, 4) is 0 Å². The molecule has 1 aliphatic heterocycles. The summed E-state index contributed by atoms with van der Waals surface area (Å²) >= 11 is 0. The highest BCUT2D eigenvalue weighted by atomic mass is 19.1. The molecule has 0 radical (unpaired) electrons. The third kappa shape index (κ3) is 2.59. The van der Waals surface area contributed by atoms with Gasteiger partial charge in [0.15, 0.2) is 0 Å². The molecule has 2 aromatic rings. The van der Waals surface area contributed by atoms with E-state index in [2.05, 4.69) is 31.4 Å². The van der Waals surface area contributed by atoms with E-state index >= 15 is 0 Å². The van der Waals surface area contributed by atoms with E-state index in [-0.39, 0.29) is 11.2 Å². The number of nitrogens with zero attached hydrogens (tertiary/aromatic N) is 1. The zero-order chi connectivity index (χ0) is 15.2. The maximum absolute atomic E-state index is 14.1. The molecule has 114 valence electrons. The van der Waals surface area contributed by atoms with Crippen LogP contribution in [0.15, 0.2) is 18.2 Å². The van der Waals surface area contributed by atoms with E-state index in [1.807, 2.05) is 13.0 Å². The number of hydrogen-bond donors (Lipinski definition) is 0. The van der Waals surface area contributed by atoms with Crippen LogP contribution in [0.2, 0.25) is 0 Å². The Bertz CT molecular complexity index is 660. The molecule has 0 saturated carbocycles. The quantitative estimate of drug-likeness (QED) is 0.739. The van der Waals surface area contributed by atoms with Crippen LogP contribution in [-0.2, 0) is 10.2 Å². The van der Waals surface area contributed by atoms with Gasteiger partial charge in [-0.1, -0.05) is 20.8 Å². The molecule has 1 fully saturated rings. The van der Waals surface area contributed by atoms with Crippen molar-refractivity contribution >= 4 is 10.9 Å². The first-order valence-electron chi connectivity index (χ1n) is 7.77. The highest BCUT2D eigenvalue weighted by Crippen LogP contribution is 2.36. The molecule has 0 bridgehead atoms. The van der Waals surface area contributed by atoms with Crippen LogP contribution in [0, 0.1) is 12.7 Å². The zero-order valence-corrected chi connectivity index (χ0v) is 13.4. The predicted molar refractivity (Wildman–Crippen MR) is 84.4 cm³/mol. The molecule has 3 rings (SSSR count). The van der Waals surface area contributed by atoms with E-state index in [0.29, 0.717) is 11.6 Å². The van der Waals surface area contributed by atoms with Gasteiger partial charge in [0.25, 0.3) is 0 Å². The second-order valence-electron chi connectivity index (χ2n) is 7.15. The zero-order valence-electron chi connectivity index (χ0n) is 13.4. The number of ether oxygens (including phenoxy) is 1. The smallest absolute Gasteiger partial charge is 0.128 e. The summed E-state index contributed by atoms with van der Waals surface area (Å²) in [6.45, 7) is 10.1. The molecular formula is C18H24FNO. The van der Waals surface area contributed by atoms with Crippen molar-refractivity contribution in [3.63, 3.8) is 0 Å². The van der Waals surface area contributed by atoms with Gasteiger partial charge in [-0.05, 0) is 43.5 Å². The minimum absolute atomic E-state index is 0.0434. The molecule has 3 heteroatoms. The maximum atomic E-state index is 14.1. The Morgan fingerprint density at radius 2 is 1.81 bits per heavy atom. The van der Waals surface area contributed by atoms with Crippen molar-refractivity contribution in [3.05, 3.63) is 35.3 Å². The van der Waals surface area contributed by atoms with Gasteiger partial charge in [0.1, 0.15) is 5.82 Å². The van der Waals surface area contributed by atoms with Crippen LogP contribution in [0.5, 0.6) is 0 Å². The molecule has 0 aliphatic carbocycles. The fourth-order valence-electron chi connectivity index (χ4n) is 3.28. The number of hydrogen-bond acceptors (Lipinski definition) is 1. The van der Waals surface area contributed by atoms with Crippen molar-refractivity contribution in [1.29, 1.82) is 0 Å². The summed E-state index contributed by atoms with van der Waals surface area (Å²) in [6.07, 6.45) is 2.00. The molecule has 1 aromatic carbocycles.